The molecule has 0 saturated heterocycles. The Morgan fingerprint density at radius 3 is 2.62 bits per heavy atom. The van der Waals surface area contributed by atoms with E-state index in [9.17, 15) is 4.79 Å². The van der Waals surface area contributed by atoms with Gasteiger partial charge in [-0.2, -0.15) is 4.68 Å². The Morgan fingerprint density at radius 1 is 1.15 bits per heavy atom. The van der Waals surface area contributed by atoms with Gasteiger partial charge in [0, 0.05) is 4.47 Å². The highest BCUT2D eigenvalue weighted by atomic mass is 79.9. The fourth-order valence-electron chi connectivity index (χ4n) is 2.21. The van der Waals surface area contributed by atoms with Crippen molar-refractivity contribution in [2.45, 2.75) is 6.54 Å². The Hall–Kier alpha value is -2.94. The molecule has 0 bridgehead atoms. The van der Waals surface area contributed by atoms with Crippen molar-refractivity contribution in [1.82, 2.24) is 25.5 Å². The summed E-state index contributed by atoms with van der Waals surface area (Å²) in [4.78, 5) is 12.0. The molecule has 0 fully saturated rings. The smallest absolute Gasteiger partial charge is 0.258 e. The fourth-order valence-corrected chi connectivity index (χ4v) is 2.47. The van der Waals surface area contributed by atoms with Crippen LogP contribution in [0.15, 0.2) is 53.0 Å². The summed E-state index contributed by atoms with van der Waals surface area (Å²) >= 11 is 3.38. The first kappa shape index (κ1) is 17.9. The van der Waals surface area contributed by atoms with E-state index in [0.29, 0.717) is 17.3 Å². The lowest BCUT2D eigenvalue weighted by atomic mass is 10.3. The summed E-state index contributed by atoms with van der Waals surface area (Å²) in [6.07, 6.45) is 0. The predicted molar refractivity (Wildman–Crippen MR) is 97.2 cm³/mol. The van der Waals surface area contributed by atoms with E-state index in [0.717, 1.165) is 10.2 Å². The normalized spacial score (nSPS) is 10.4. The molecule has 3 rings (SSSR count). The van der Waals surface area contributed by atoms with Gasteiger partial charge in [0.2, 0.25) is 0 Å². The van der Waals surface area contributed by atoms with E-state index < -0.39 is 0 Å². The minimum atomic E-state index is -0.290. The van der Waals surface area contributed by atoms with Crippen molar-refractivity contribution in [3.05, 3.63) is 58.8 Å². The highest BCUT2D eigenvalue weighted by Crippen LogP contribution is 2.25. The van der Waals surface area contributed by atoms with Gasteiger partial charge in [0.1, 0.15) is 0 Å². The van der Waals surface area contributed by atoms with Crippen LogP contribution in [-0.2, 0) is 11.3 Å². The molecule has 1 N–H and O–H groups in total. The lowest BCUT2D eigenvalue weighted by molar-refractivity contribution is -0.123. The van der Waals surface area contributed by atoms with Gasteiger partial charge in [-0.25, -0.2) is 0 Å². The summed E-state index contributed by atoms with van der Waals surface area (Å²) in [5, 5.41) is 14.3. The number of benzene rings is 2. The average molecular weight is 418 g/mol. The van der Waals surface area contributed by atoms with Crippen LogP contribution < -0.4 is 14.8 Å². The monoisotopic (exact) mass is 417 g/mol. The Bertz CT molecular complexity index is 882. The number of aromatic nitrogens is 4. The Kier molecular flexibility index (Phi) is 5.80. The average Bonchev–Trinajstić information content (AvgIpc) is 3.14. The largest absolute Gasteiger partial charge is 0.493 e. The van der Waals surface area contributed by atoms with E-state index >= 15 is 0 Å². The van der Waals surface area contributed by atoms with E-state index in [1.807, 2.05) is 36.4 Å². The fraction of sp³-hybridized carbons (Fsp3) is 0.176. The number of hydrogen-bond donors (Lipinski definition) is 1. The number of tetrazole rings is 1. The zero-order valence-corrected chi connectivity index (χ0v) is 15.5. The summed E-state index contributed by atoms with van der Waals surface area (Å²) in [6.45, 7) is 0.0391. The van der Waals surface area contributed by atoms with Crippen molar-refractivity contribution < 1.29 is 14.3 Å². The second-order valence-corrected chi connectivity index (χ2v) is 6.12. The summed E-state index contributed by atoms with van der Waals surface area (Å²) in [6, 6.07) is 14.7. The molecule has 0 unspecified atom stereocenters. The number of nitrogens with one attached hydrogen (secondary N) is 1. The standard InChI is InChI=1S/C17H16BrN5O3/c1-25-14-4-2-3-5-15(14)26-11-17(24)19-10-16-20-21-22-23(16)13-8-6-12(18)7-9-13/h2-9H,10-11H2,1H3,(H,19,24). The Labute approximate surface area is 158 Å². The molecule has 2 aromatic carbocycles. The molecule has 134 valence electrons. The predicted octanol–water partition coefficient (Wildman–Crippen LogP) is 2.13. The number of rotatable bonds is 7. The molecule has 8 nitrogen and oxygen atoms in total. The van der Waals surface area contributed by atoms with Crippen molar-refractivity contribution in [3.8, 4) is 17.2 Å². The van der Waals surface area contributed by atoms with Crippen molar-refractivity contribution in [2.24, 2.45) is 0 Å². The van der Waals surface area contributed by atoms with Gasteiger partial charge < -0.3 is 14.8 Å². The first-order valence-electron chi connectivity index (χ1n) is 7.73. The molecular formula is C17H16BrN5O3. The lowest BCUT2D eigenvalue weighted by Gasteiger charge is -2.10. The summed E-state index contributed by atoms with van der Waals surface area (Å²) in [5.41, 5.74) is 0.799. The third-order valence-electron chi connectivity index (χ3n) is 3.48. The molecule has 0 radical (unpaired) electrons. The molecule has 3 aromatic rings. The van der Waals surface area contributed by atoms with E-state index in [1.54, 1.807) is 23.9 Å². The lowest BCUT2D eigenvalue weighted by Crippen LogP contribution is -2.29. The number of methoxy groups -OCH3 is 1. The first-order chi connectivity index (χ1) is 12.7. The van der Waals surface area contributed by atoms with Gasteiger partial charge in [-0.1, -0.05) is 28.1 Å². The van der Waals surface area contributed by atoms with E-state index in [2.05, 4.69) is 36.8 Å². The number of hydrogen-bond acceptors (Lipinski definition) is 6. The zero-order chi connectivity index (χ0) is 18.4. The van der Waals surface area contributed by atoms with Gasteiger partial charge in [0.05, 0.1) is 19.3 Å². The van der Waals surface area contributed by atoms with Gasteiger partial charge in [0.15, 0.2) is 23.9 Å². The summed E-state index contributed by atoms with van der Waals surface area (Å²) < 4.78 is 13.2. The molecule has 0 saturated carbocycles. The van der Waals surface area contributed by atoms with Crippen molar-refractivity contribution >= 4 is 21.8 Å². The molecular weight excluding hydrogens is 402 g/mol. The highest BCUT2D eigenvalue weighted by Gasteiger charge is 2.11. The molecule has 1 heterocycles. The van der Waals surface area contributed by atoms with Crippen molar-refractivity contribution in [3.63, 3.8) is 0 Å². The topological polar surface area (TPSA) is 91.2 Å². The second kappa shape index (κ2) is 8.43. The maximum Gasteiger partial charge on any atom is 0.258 e. The minimum Gasteiger partial charge on any atom is -0.493 e. The van der Waals surface area contributed by atoms with Crippen LogP contribution in [0.3, 0.4) is 0 Å². The van der Waals surface area contributed by atoms with Gasteiger partial charge in [-0.3, -0.25) is 4.79 Å². The maximum absolute atomic E-state index is 12.0. The van der Waals surface area contributed by atoms with Crippen LogP contribution in [0.4, 0.5) is 0 Å². The van der Waals surface area contributed by atoms with Crippen LogP contribution in [0.25, 0.3) is 5.69 Å². The zero-order valence-electron chi connectivity index (χ0n) is 13.9. The van der Waals surface area contributed by atoms with Crippen LogP contribution in [0.5, 0.6) is 11.5 Å². The van der Waals surface area contributed by atoms with Gasteiger partial charge in [-0.15, -0.1) is 5.10 Å². The molecule has 0 aliphatic carbocycles. The molecule has 0 aliphatic heterocycles. The molecule has 9 heteroatoms. The minimum absolute atomic E-state index is 0.139. The van der Waals surface area contributed by atoms with Gasteiger partial charge in [0.25, 0.3) is 5.91 Å². The van der Waals surface area contributed by atoms with Crippen LogP contribution in [0.1, 0.15) is 5.82 Å². The number of carbonyl (C=O) groups excluding carboxylic acids is 1. The van der Waals surface area contributed by atoms with Gasteiger partial charge in [-0.05, 0) is 46.8 Å². The molecule has 0 spiro atoms. The summed E-state index contributed by atoms with van der Waals surface area (Å²) in [5.74, 6) is 1.29. The molecule has 0 atom stereocenters. The third kappa shape index (κ3) is 4.37. The second-order valence-electron chi connectivity index (χ2n) is 5.20. The SMILES string of the molecule is COc1ccccc1OCC(=O)NCc1nnnn1-c1ccc(Br)cc1. The number of para-hydroxylation sites is 2. The quantitative estimate of drug-likeness (QED) is 0.632. The molecule has 1 amide bonds. The maximum atomic E-state index is 12.0. The number of carbonyl (C=O) groups is 1. The van der Waals surface area contributed by atoms with Gasteiger partial charge >= 0.3 is 0 Å². The van der Waals surface area contributed by atoms with Crippen molar-refractivity contribution in [1.29, 1.82) is 0 Å². The Morgan fingerprint density at radius 2 is 1.88 bits per heavy atom. The van der Waals surface area contributed by atoms with Crippen LogP contribution in [-0.4, -0.2) is 39.8 Å². The van der Waals surface area contributed by atoms with E-state index in [-0.39, 0.29) is 19.1 Å². The van der Waals surface area contributed by atoms with E-state index in [4.69, 9.17) is 9.47 Å². The summed E-state index contributed by atoms with van der Waals surface area (Å²) in [7, 11) is 1.55. The third-order valence-corrected chi connectivity index (χ3v) is 4.01. The van der Waals surface area contributed by atoms with Crippen molar-refractivity contribution in [2.75, 3.05) is 13.7 Å². The Balaban J connectivity index is 1.57. The molecule has 26 heavy (non-hydrogen) atoms. The van der Waals surface area contributed by atoms with E-state index in [1.165, 1.54) is 0 Å². The highest BCUT2D eigenvalue weighted by molar-refractivity contribution is 9.10. The van der Waals surface area contributed by atoms with Crippen LogP contribution in [0.2, 0.25) is 0 Å². The number of nitrogens with zero attached hydrogens (tertiary/aromatic N) is 4. The van der Waals surface area contributed by atoms with Crippen LogP contribution >= 0.6 is 15.9 Å². The first-order valence-corrected chi connectivity index (χ1v) is 8.52. The number of ether oxygens (including phenoxy) is 2. The molecule has 0 aliphatic rings. The molecule has 1 aromatic heterocycles. The van der Waals surface area contributed by atoms with Crippen LogP contribution in [0, 0.1) is 0 Å². The number of halogens is 1. The number of amides is 1.